The van der Waals surface area contributed by atoms with Crippen molar-refractivity contribution in [1.29, 1.82) is 0 Å². The number of carboxylic acids is 1. The highest BCUT2D eigenvalue weighted by molar-refractivity contribution is 5.95. The highest BCUT2D eigenvalue weighted by Crippen LogP contribution is 2.21. The van der Waals surface area contributed by atoms with Gasteiger partial charge in [-0.1, -0.05) is 42.5 Å². The quantitative estimate of drug-likeness (QED) is 0.699. The van der Waals surface area contributed by atoms with Gasteiger partial charge >= 0.3 is 12.1 Å². The van der Waals surface area contributed by atoms with Crippen molar-refractivity contribution in [3.8, 4) is 0 Å². The molecule has 0 radical (unpaired) electrons. The van der Waals surface area contributed by atoms with Gasteiger partial charge in [-0.2, -0.15) is 0 Å². The predicted octanol–water partition coefficient (Wildman–Crippen LogP) is 3.05. The largest absolute Gasteiger partial charge is 0.478 e. The number of benzene rings is 2. The molecule has 0 aromatic heterocycles. The summed E-state index contributed by atoms with van der Waals surface area (Å²) in [4.78, 5) is 22.6. The number of nitrogen functional groups attached to an aromatic ring is 1. The van der Waals surface area contributed by atoms with Crippen molar-refractivity contribution in [3.05, 3.63) is 71.0 Å². The average Bonchev–Trinajstić information content (AvgIpc) is 2.60. The van der Waals surface area contributed by atoms with Crippen LogP contribution in [-0.4, -0.2) is 23.7 Å². The SMILES string of the molecule is Nc1c(C=CCNC(=O)OCc2ccccc2)cc(F)cc1C(=O)O. The van der Waals surface area contributed by atoms with Crippen molar-refractivity contribution in [2.24, 2.45) is 0 Å². The van der Waals surface area contributed by atoms with Crippen LogP contribution in [0.15, 0.2) is 48.5 Å². The highest BCUT2D eigenvalue weighted by atomic mass is 19.1. The van der Waals surface area contributed by atoms with Gasteiger partial charge in [-0.25, -0.2) is 14.0 Å². The van der Waals surface area contributed by atoms with E-state index in [2.05, 4.69) is 5.32 Å². The van der Waals surface area contributed by atoms with Gasteiger partial charge in [0.25, 0.3) is 0 Å². The van der Waals surface area contributed by atoms with E-state index in [-0.39, 0.29) is 30.0 Å². The van der Waals surface area contributed by atoms with E-state index in [4.69, 9.17) is 15.6 Å². The molecule has 0 spiro atoms. The molecule has 0 fully saturated rings. The molecule has 4 N–H and O–H groups in total. The number of carbonyl (C=O) groups excluding carboxylic acids is 1. The first-order chi connectivity index (χ1) is 12.0. The average molecular weight is 344 g/mol. The molecule has 0 aliphatic carbocycles. The summed E-state index contributed by atoms with van der Waals surface area (Å²) in [7, 11) is 0. The molecule has 0 heterocycles. The Kier molecular flexibility index (Phi) is 6.11. The normalized spacial score (nSPS) is 10.6. The molecule has 0 bridgehead atoms. The van der Waals surface area contributed by atoms with Gasteiger partial charge in [-0.05, 0) is 17.7 Å². The van der Waals surface area contributed by atoms with Gasteiger partial charge in [0.05, 0.1) is 11.3 Å². The van der Waals surface area contributed by atoms with Crippen LogP contribution in [0.2, 0.25) is 0 Å². The molecule has 2 aromatic carbocycles. The summed E-state index contributed by atoms with van der Waals surface area (Å²) in [5.41, 5.74) is 6.42. The van der Waals surface area contributed by atoms with Crippen LogP contribution in [0.25, 0.3) is 6.08 Å². The molecular formula is C18H17FN2O4. The number of halogens is 1. The fourth-order valence-electron chi connectivity index (χ4n) is 2.06. The van der Waals surface area contributed by atoms with E-state index < -0.39 is 17.9 Å². The van der Waals surface area contributed by atoms with Crippen LogP contribution < -0.4 is 11.1 Å². The molecular weight excluding hydrogens is 327 g/mol. The van der Waals surface area contributed by atoms with Gasteiger partial charge in [0.15, 0.2) is 0 Å². The lowest BCUT2D eigenvalue weighted by molar-refractivity contribution is 0.0697. The fraction of sp³-hybridized carbons (Fsp3) is 0.111. The van der Waals surface area contributed by atoms with E-state index in [1.165, 1.54) is 12.2 Å². The summed E-state index contributed by atoms with van der Waals surface area (Å²) in [5.74, 6) is -2.02. The number of hydrogen-bond acceptors (Lipinski definition) is 4. The number of hydrogen-bond donors (Lipinski definition) is 3. The zero-order chi connectivity index (χ0) is 18.2. The molecule has 6 nitrogen and oxygen atoms in total. The van der Waals surface area contributed by atoms with Crippen LogP contribution in [0.1, 0.15) is 21.5 Å². The van der Waals surface area contributed by atoms with Crippen molar-refractivity contribution in [1.82, 2.24) is 5.32 Å². The molecule has 1 amide bonds. The first-order valence-electron chi connectivity index (χ1n) is 7.41. The maximum Gasteiger partial charge on any atom is 0.407 e. The van der Waals surface area contributed by atoms with Gasteiger partial charge in [-0.15, -0.1) is 0 Å². The third-order valence-corrected chi connectivity index (χ3v) is 3.28. The number of anilines is 1. The number of alkyl carbamates (subject to hydrolysis) is 1. The van der Waals surface area contributed by atoms with Crippen LogP contribution in [0, 0.1) is 5.82 Å². The Morgan fingerprint density at radius 1 is 1.24 bits per heavy atom. The smallest absolute Gasteiger partial charge is 0.407 e. The van der Waals surface area contributed by atoms with E-state index in [1.54, 1.807) is 0 Å². The van der Waals surface area contributed by atoms with Gasteiger partial charge in [-0.3, -0.25) is 0 Å². The maximum absolute atomic E-state index is 13.4. The second-order valence-corrected chi connectivity index (χ2v) is 5.11. The summed E-state index contributed by atoms with van der Waals surface area (Å²) in [6.07, 6.45) is 2.34. The van der Waals surface area contributed by atoms with Crippen molar-refractivity contribution in [2.75, 3.05) is 12.3 Å². The van der Waals surface area contributed by atoms with Crippen molar-refractivity contribution in [2.45, 2.75) is 6.61 Å². The summed E-state index contributed by atoms with van der Waals surface area (Å²) in [5, 5.41) is 11.5. The van der Waals surface area contributed by atoms with Gasteiger partial charge < -0.3 is 20.9 Å². The molecule has 0 saturated carbocycles. The molecule has 0 atom stereocenters. The molecule has 25 heavy (non-hydrogen) atoms. The first-order valence-corrected chi connectivity index (χ1v) is 7.41. The minimum atomic E-state index is -1.31. The van der Waals surface area contributed by atoms with E-state index in [9.17, 15) is 14.0 Å². The van der Waals surface area contributed by atoms with Crippen LogP contribution in [0.3, 0.4) is 0 Å². The van der Waals surface area contributed by atoms with Gasteiger partial charge in [0.1, 0.15) is 12.4 Å². The number of aromatic carboxylic acids is 1. The summed E-state index contributed by atoms with van der Waals surface area (Å²) in [6.45, 7) is 0.265. The predicted molar refractivity (Wildman–Crippen MR) is 91.4 cm³/mol. The molecule has 0 saturated heterocycles. The molecule has 0 aliphatic rings. The van der Waals surface area contributed by atoms with Crippen LogP contribution >= 0.6 is 0 Å². The number of nitrogens with one attached hydrogen (secondary N) is 1. The Hall–Kier alpha value is -3.35. The van der Waals surface area contributed by atoms with Crippen molar-refractivity contribution < 1.29 is 23.8 Å². The zero-order valence-electron chi connectivity index (χ0n) is 13.2. The minimum Gasteiger partial charge on any atom is -0.478 e. The van der Waals surface area contributed by atoms with E-state index in [0.29, 0.717) is 0 Å². The number of ether oxygens (including phenoxy) is 1. The van der Waals surface area contributed by atoms with Crippen LogP contribution in [-0.2, 0) is 11.3 Å². The fourth-order valence-corrected chi connectivity index (χ4v) is 2.06. The standard InChI is InChI=1S/C18H17FN2O4/c19-14-9-13(16(20)15(10-14)17(22)23)7-4-8-21-18(24)25-11-12-5-2-1-3-6-12/h1-7,9-10H,8,11,20H2,(H,21,24)(H,22,23). The maximum atomic E-state index is 13.4. The summed E-state index contributed by atoms with van der Waals surface area (Å²) < 4.78 is 18.5. The number of rotatable bonds is 6. The Balaban J connectivity index is 1.87. The lowest BCUT2D eigenvalue weighted by atomic mass is 10.1. The lowest BCUT2D eigenvalue weighted by Gasteiger charge is -2.06. The number of nitrogens with two attached hydrogens (primary N) is 1. The first kappa shape index (κ1) is 18.0. The van der Waals surface area contributed by atoms with Crippen LogP contribution in [0.5, 0.6) is 0 Å². The Morgan fingerprint density at radius 2 is 1.96 bits per heavy atom. The summed E-state index contributed by atoms with van der Waals surface area (Å²) in [6, 6.07) is 11.2. The number of amides is 1. The topological polar surface area (TPSA) is 102 Å². The number of carboxylic acid groups (broad SMARTS) is 1. The van der Waals surface area contributed by atoms with Crippen molar-refractivity contribution >= 4 is 23.8 Å². The van der Waals surface area contributed by atoms with E-state index >= 15 is 0 Å². The lowest BCUT2D eigenvalue weighted by Crippen LogP contribution is -2.24. The molecule has 0 unspecified atom stereocenters. The van der Waals surface area contributed by atoms with Crippen LogP contribution in [0.4, 0.5) is 14.9 Å². The Bertz CT molecular complexity index is 791. The zero-order valence-corrected chi connectivity index (χ0v) is 13.2. The second-order valence-electron chi connectivity index (χ2n) is 5.11. The van der Waals surface area contributed by atoms with E-state index in [0.717, 1.165) is 17.7 Å². The molecule has 7 heteroatoms. The molecule has 2 aromatic rings. The van der Waals surface area contributed by atoms with E-state index in [1.807, 2.05) is 30.3 Å². The summed E-state index contributed by atoms with van der Waals surface area (Å²) >= 11 is 0. The molecule has 0 aliphatic heterocycles. The van der Waals surface area contributed by atoms with Gasteiger partial charge in [0, 0.05) is 12.1 Å². The van der Waals surface area contributed by atoms with Gasteiger partial charge in [0.2, 0.25) is 0 Å². The second kappa shape index (κ2) is 8.49. The highest BCUT2D eigenvalue weighted by Gasteiger charge is 2.12. The molecule has 2 rings (SSSR count). The molecule has 130 valence electrons. The third kappa shape index (κ3) is 5.35. The van der Waals surface area contributed by atoms with Crippen molar-refractivity contribution in [3.63, 3.8) is 0 Å². The minimum absolute atomic E-state index is 0.0446. The Labute approximate surface area is 143 Å². The monoisotopic (exact) mass is 344 g/mol. The Morgan fingerprint density at radius 3 is 2.64 bits per heavy atom. The number of carbonyl (C=O) groups is 2. The third-order valence-electron chi connectivity index (χ3n) is 3.28.